The Morgan fingerprint density at radius 2 is 1.52 bits per heavy atom. The zero-order valence-corrected chi connectivity index (χ0v) is 16.1. The number of halogens is 1. The van der Waals surface area contributed by atoms with Gasteiger partial charge < -0.3 is 9.47 Å². The number of esters is 2. The predicted octanol–water partition coefficient (Wildman–Crippen LogP) is 3.53. The molecule has 0 heterocycles. The average molecular weight is 390 g/mol. The maximum atomic E-state index is 12.7. The lowest BCUT2D eigenvalue weighted by Crippen LogP contribution is -2.35. The molecule has 2 rings (SSSR count). The summed E-state index contributed by atoms with van der Waals surface area (Å²) in [6.45, 7) is 3.53. The minimum atomic E-state index is -1.27. The first kappa shape index (κ1) is 21.4. The molecule has 0 N–H and O–H groups in total. The molecule has 1 aromatic rings. The van der Waals surface area contributed by atoms with E-state index in [9.17, 15) is 14.4 Å². The van der Waals surface area contributed by atoms with Crippen LogP contribution in [0.2, 0.25) is 5.02 Å². The first-order valence-electron chi connectivity index (χ1n) is 8.82. The third kappa shape index (κ3) is 5.55. The summed E-state index contributed by atoms with van der Waals surface area (Å²) in [5, 5.41) is 0.372. The van der Waals surface area contributed by atoms with Gasteiger partial charge in [0, 0.05) is 23.3 Å². The second kappa shape index (κ2) is 10.5. The number of carbonyl (C=O) groups is 3. The fraction of sp³-hybridized carbons (Fsp3) is 0.333. The molecule has 5 nitrogen and oxygen atoms in total. The summed E-state index contributed by atoms with van der Waals surface area (Å²) in [5.74, 6) is -3.20. The van der Waals surface area contributed by atoms with Gasteiger partial charge in [-0.15, -0.1) is 0 Å². The Morgan fingerprint density at radius 3 is 2.04 bits per heavy atom. The highest BCUT2D eigenvalue weighted by Crippen LogP contribution is 2.37. The second-order valence-electron chi connectivity index (χ2n) is 5.91. The molecule has 0 amide bonds. The molecular weight excluding hydrogens is 368 g/mol. The van der Waals surface area contributed by atoms with E-state index in [4.69, 9.17) is 21.1 Å². The summed E-state index contributed by atoms with van der Waals surface area (Å²) in [4.78, 5) is 37.9. The largest absolute Gasteiger partial charge is 0.465 e. The van der Waals surface area contributed by atoms with Crippen molar-refractivity contribution in [3.05, 3.63) is 66.5 Å². The van der Waals surface area contributed by atoms with Crippen LogP contribution in [0.5, 0.6) is 0 Å². The summed E-state index contributed by atoms with van der Waals surface area (Å²) in [6.07, 6.45) is 6.82. The van der Waals surface area contributed by atoms with Gasteiger partial charge in [-0.3, -0.25) is 14.4 Å². The van der Waals surface area contributed by atoms with E-state index in [0.717, 1.165) is 0 Å². The zero-order chi connectivity index (χ0) is 19.8. The van der Waals surface area contributed by atoms with Crippen molar-refractivity contribution in [2.75, 3.05) is 13.2 Å². The number of Topliss-reactive ketones (excluding diaryl/α,β-unsaturated/α-hetero) is 1. The molecule has 1 atom stereocenters. The van der Waals surface area contributed by atoms with Crippen molar-refractivity contribution < 1.29 is 23.9 Å². The molecule has 1 fully saturated rings. The van der Waals surface area contributed by atoms with Gasteiger partial charge in [0.15, 0.2) is 5.92 Å². The Kier molecular flexibility index (Phi) is 8.29. The smallest absolute Gasteiger partial charge is 0.320 e. The van der Waals surface area contributed by atoms with Gasteiger partial charge in [-0.1, -0.05) is 29.8 Å². The van der Waals surface area contributed by atoms with Gasteiger partial charge in [0.2, 0.25) is 0 Å². The normalized spacial score (nSPS) is 15.6. The molecule has 1 aliphatic rings. The molecule has 0 aromatic heterocycles. The molecule has 0 saturated heterocycles. The van der Waals surface area contributed by atoms with E-state index in [-0.39, 0.29) is 25.4 Å². The van der Waals surface area contributed by atoms with Crippen LogP contribution in [0.25, 0.3) is 0 Å². The monoisotopic (exact) mass is 389 g/mol. The molecule has 1 saturated carbocycles. The molecule has 5 radical (unpaired) electrons. The molecule has 1 unspecified atom stereocenters. The molecule has 0 bridgehead atoms. The van der Waals surface area contributed by atoms with Crippen LogP contribution in [-0.2, 0) is 23.9 Å². The van der Waals surface area contributed by atoms with Gasteiger partial charge >= 0.3 is 11.9 Å². The van der Waals surface area contributed by atoms with Gasteiger partial charge in [0.1, 0.15) is 5.78 Å². The van der Waals surface area contributed by atoms with Crippen LogP contribution in [0.1, 0.15) is 31.7 Å². The fourth-order valence-corrected chi connectivity index (χ4v) is 3.23. The zero-order valence-electron chi connectivity index (χ0n) is 15.3. The lowest BCUT2D eigenvalue weighted by atomic mass is 9.80. The quantitative estimate of drug-likeness (QED) is 0.477. The molecular formula is C21H22ClO5. The molecule has 1 aliphatic carbocycles. The summed E-state index contributed by atoms with van der Waals surface area (Å²) < 4.78 is 10.2. The summed E-state index contributed by atoms with van der Waals surface area (Å²) in [7, 11) is 0. The van der Waals surface area contributed by atoms with Crippen molar-refractivity contribution in [3.63, 3.8) is 0 Å². The predicted molar refractivity (Wildman–Crippen MR) is 101 cm³/mol. The number of ether oxygens (including phenoxy) is 2. The Labute approximate surface area is 165 Å². The molecule has 27 heavy (non-hydrogen) atoms. The van der Waals surface area contributed by atoms with E-state index in [1.807, 2.05) is 0 Å². The first-order valence-corrected chi connectivity index (χ1v) is 9.19. The van der Waals surface area contributed by atoms with Crippen LogP contribution in [0, 0.1) is 37.5 Å². The van der Waals surface area contributed by atoms with E-state index >= 15 is 0 Å². The number of hydrogen-bond donors (Lipinski definition) is 0. The number of carbonyl (C=O) groups excluding carboxylic acids is 3. The second-order valence-corrected chi connectivity index (χ2v) is 6.32. The van der Waals surface area contributed by atoms with Crippen LogP contribution in [0.4, 0.5) is 0 Å². The van der Waals surface area contributed by atoms with Crippen LogP contribution in [-0.4, -0.2) is 30.9 Å². The van der Waals surface area contributed by atoms with Crippen LogP contribution < -0.4 is 0 Å². The number of ketones is 1. The van der Waals surface area contributed by atoms with Gasteiger partial charge in [0.25, 0.3) is 0 Å². The lowest BCUT2D eigenvalue weighted by molar-refractivity contribution is -0.162. The number of rotatable bonds is 9. The molecule has 0 aliphatic heterocycles. The van der Waals surface area contributed by atoms with Gasteiger partial charge in [0.05, 0.1) is 13.2 Å². The highest BCUT2D eigenvalue weighted by Gasteiger charge is 2.41. The van der Waals surface area contributed by atoms with Crippen molar-refractivity contribution in [2.24, 2.45) is 5.92 Å². The maximum absolute atomic E-state index is 12.7. The number of benzene rings is 1. The Hall–Kier alpha value is -1.88. The van der Waals surface area contributed by atoms with E-state index < -0.39 is 23.8 Å². The standard InChI is InChI=1S/C21H22ClO5/c1-3-26-20(24)19(21(25)27-4-2)16(15-11-7-8-12-17(15)22)13-18(23)14-9-5-6-10-14/h5-12,16,19H,3-4,13H2,1-2H3. The van der Waals surface area contributed by atoms with E-state index in [1.165, 1.54) is 0 Å². The van der Waals surface area contributed by atoms with Gasteiger partial charge in [-0.05, 0) is 51.2 Å². The SMILES string of the molecule is CCOC(=O)C(C(=O)OCC)C(CC(=O)[C]1[CH][CH][CH][CH]1)c1ccccc1Cl. The van der Waals surface area contributed by atoms with E-state index in [2.05, 4.69) is 0 Å². The molecule has 0 spiro atoms. The van der Waals surface area contributed by atoms with Crippen molar-refractivity contribution in [3.8, 4) is 0 Å². The fourth-order valence-electron chi connectivity index (χ4n) is 2.95. The lowest BCUT2D eigenvalue weighted by Gasteiger charge is -2.25. The van der Waals surface area contributed by atoms with Crippen LogP contribution >= 0.6 is 11.6 Å². The average Bonchev–Trinajstić information content (AvgIpc) is 3.17. The van der Waals surface area contributed by atoms with Crippen molar-refractivity contribution >= 4 is 29.3 Å². The van der Waals surface area contributed by atoms with Gasteiger partial charge in [-0.25, -0.2) is 0 Å². The maximum Gasteiger partial charge on any atom is 0.320 e. The van der Waals surface area contributed by atoms with Crippen LogP contribution in [0.15, 0.2) is 24.3 Å². The Balaban J connectivity index is 2.40. The highest BCUT2D eigenvalue weighted by molar-refractivity contribution is 6.31. The van der Waals surface area contributed by atoms with E-state index in [1.54, 1.807) is 63.8 Å². The van der Waals surface area contributed by atoms with Crippen molar-refractivity contribution in [1.29, 1.82) is 0 Å². The Bertz CT molecular complexity index is 648. The third-order valence-corrected chi connectivity index (χ3v) is 4.52. The van der Waals surface area contributed by atoms with Crippen molar-refractivity contribution in [2.45, 2.75) is 26.2 Å². The molecule has 6 heteroatoms. The summed E-state index contributed by atoms with van der Waals surface area (Å²) >= 11 is 6.32. The molecule has 143 valence electrons. The van der Waals surface area contributed by atoms with E-state index in [0.29, 0.717) is 16.5 Å². The first-order chi connectivity index (χ1) is 13.0. The molecule has 1 aromatic carbocycles. The van der Waals surface area contributed by atoms with Crippen LogP contribution in [0.3, 0.4) is 0 Å². The number of hydrogen-bond acceptors (Lipinski definition) is 5. The van der Waals surface area contributed by atoms with Crippen molar-refractivity contribution in [1.82, 2.24) is 0 Å². The summed E-state index contributed by atoms with van der Waals surface area (Å²) in [5.41, 5.74) is 0.533. The Morgan fingerprint density at radius 1 is 0.963 bits per heavy atom. The highest BCUT2D eigenvalue weighted by atomic mass is 35.5. The third-order valence-electron chi connectivity index (χ3n) is 4.18. The summed E-state index contributed by atoms with van der Waals surface area (Å²) in [6, 6.07) is 6.85. The van der Waals surface area contributed by atoms with Gasteiger partial charge in [-0.2, -0.15) is 0 Å². The minimum Gasteiger partial charge on any atom is -0.465 e. The minimum absolute atomic E-state index is 0.0734. The topological polar surface area (TPSA) is 69.7 Å².